The summed E-state index contributed by atoms with van der Waals surface area (Å²) in [6, 6.07) is 9.35. The van der Waals surface area contributed by atoms with Gasteiger partial charge in [0, 0.05) is 34.7 Å². The lowest BCUT2D eigenvalue weighted by Gasteiger charge is -2.33. The monoisotopic (exact) mass is 621 g/mol. The molecule has 0 aliphatic carbocycles. The van der Waals surface area contributed by atoms with Crippen LogP contribution >= 0.6 is 15.9 Å². The predicted molar refractivity (Wildman–Crippen MR) is 144 cm³/mol. The Labute approximate surface area is 235 Å². The predicted octanol–water partition coefficient (Wildman–Crippen LogP) is 6.31. The Morgan fingerprint density at radius 1 is 1.12 bits per heavy atom. The molecule has 3 heterocycles. The van der Waals surface area contributed by atoms with Crippen molar-refractivity contribution < 1.29 is 27.1 Å². The van der Waals surface area contributed by atoms with Crippen molar-refractivity contribution in [2.75, 3.05) is 13.1 Å². The zero-order valence-electron chi connectivity index (χ0n) is 22.0. The Balaban J connectivity index is 1.42. The molecule has 1 saturated heterocycles. The van der Waals surface area contributed by atoms with E-state index in [0.717, 1.165) is 10.5 Å². The highest BCUT2D eigenvalue weighted by atomic mass is 79.9. The summed E-state index contributed by atoms with van der Waals surface area (Å²) in [5, 5.41) is 6.83. The molecule has 0 unspecified atom stereocenters. The molecule has 0 N–H and O–H groups in total. The first kappa shape index (κ1) is 27.9. The first-order chi connectivity index (χ1) is 18.9. The van der Waals surface area contributed by atoms with Crippen molar-refractivity contribution in [3.05, 3.63) is 68.6 Å². The van der Waals surface area contributed by atoms with E-state index in [1.807, 2.05) is 32.9 Å². The van der Waals surface area contributed by atoms with Gasteiger partial charge in [-0.05, 0) is 63.9 Å². The number of amides is 1. The van der Waals surface area contributed by atoms with Crippen molar-refractivity contribution in [3.8, 4) is 11.5 Å². The lowest BCUT2D eigenvalue weighted by molar-refractivity contribution is 0.0188. The third kappa shape index (κ3) is 5.65. The molecule has 0 bridgehead atoms. The zero-order valence-corrected chi connectivity index (χ0v) is 23.6. The molecular weight excluding hydrogens is 595 g/mol. The number of hydrogen-bond donors (Lipinski definition) is 0. The van der Waals surface area contributed by atoms with Gasteiger partial charge in [0.1, 0.15) is 11.4 Å². The van der Waals surface area contributed by atoms with E-state index in [1.165, 1.54) is 16.7 Å². The molecule has 2 aromatic heterocycles. The lowest BCUT2D eigenvalue weighted by atomic mass is 10.0. The van der Waals surface area contributed by atoms with Crippen molar-refractivity contribution in [3.63, 3.8) is 0 Å². The Morgan fingerprint density at radius 3 is 2.48 bits per heavy atom. The lowest BCUT2D eigenvalue weighted by Crippen LogP contribution is -2.43. The Morgan fingerprint density at radius 2 is 1.85 bits per heavy atom. The summed E-state index contributed by atoms with van der Waals surface area (Å²) in [6.07, 6.45) is -2.20. The topological polar surface area (TPSA) is 95.4 Å². The summed E-state index contributed by atoms with van der Waals surface area (Å²) >= 11 is 3.48. The number of rotatable bonds is 5. The number of imidazole rings is 1. The van der Waals surface area contributed by atoms with Gasteiger partial charge in [0.25, 0.3) is 5.89 Å². The number of nitrogens with zero attached hydrogens (tertiary/aromatic N) is 5. The van der Waals surface area contributed by atoms with Crippen LogP contribution in [0.4, 0.5) is 18.0 Å². The zero-order chi connectivity index (χ0) is 28.8. The molecule has 1 fully saturated rings. The Bertz CT molecular complexity index is 1620. The van der Waals surface area contributed by atoms with Gasteiger partial charge in [-0.1, -0.05) is 22.0 Å². The number of piperidine rings is 1. The van der Waals surface area contributed by atoms with Crippen LogP contribution in [0.2, 0.25) is 0 Å². The quantitative estimate of drug-likeness (QED) is 0.259. The van der Waals surface area contributed by atoms with Crippen LogP contribution in [0.25, 0.3) is 22.5 Å². The molecule has 5 rings (SSSR count). The fourth-order valence-corrected chi connectivity index (χ4v) is 5.16. The SMILES string of the molecule is CC(C)(C)OC(=O)N1CCC(n2c(=O)n(Cc3ccc(-c4nnc(C(F)F)o4)cc3F)c3ccc(Br)cc32)CC1. The summed E-state index contributed by atoms with van der Waals surface area (Å²) in [5.74, 6) is -1.72. The molecule has 0 spiro atoms. The highest BCUT2D eigenvalue weighted by molar-refractivity contribution is 9.10. The van der Waals surface area contributed by atoms with E-state index in [9.17, 15) is 18.4 Å². The number of likely N-dealkylation sites (tertiary alicyclic amines) is 1. The van der Waals surface area contributed by atoms with Crippen LogP contribution < -0.4 is 5.69 Å². The van der Waals surface area contributed by atoms with Crippen LogP contribution in [0.15, 0.2) is 50.1 Å². The summed E-state index contributed by atoms with van der Waals surface area (Å²) in [5.41, 5.74) is 0.795. The maximum atomic E-state index is 15.2. The van der Waals surface area contributed by atoms with Crippen molar-refractivity contribution >= 4 is 33.1 Å². The number of hydrogen-bond acceptors (Lipinski definition) is 6. The number of ether oxygens (including phenoxy) is 1. The average Bonchev–Trinajstić information content (AvgIpc) is 3.48. The molecule has 13 heteroatoms. The van der Waals surface area contributed by atoms with Gasteiger partial charge < -0.3 is 14.1 Å². The number of carbonyl (C=O) groups excluding carboxylic acids is 1. The van der Waals surface area contributed by atoms with Crippen molar-refractivity contribution in [2.24, 2.45) is 0 Å². The van der Waals surface area contributed by atoms with E-state index in [4.69, 9.17) is 9.15 Å². The van der Waals surface area contributed by atoms with Gasteiger partial charge in [-0.2, -0.15) is 8.78 Å². The maximum Gasteiger partial charge on any atom is 0.410 e. The van der Waals surface area contributed by atoms with E-state index in [1.54, 1.807) is 15.5 Å². The van der Waals surface area contributed by atoms with E-state index >= 15 is 4.39 Å². The molecule has 0 saturated carbocycles. The normalized spacial score (nSPS) is 14.8. The number of alkyl halides is 2. The number of carbonyl (C=O) groups is 1. The van der Waals surface area contributed by atoms with E-state index in [2.05, 4.69) is 26.1 Å². The molecule has 1 aliphatic heterocycles. The van der Waals surface area contributed by atoms with Gasteiger partial charge in [0.05, 0.1) is 17.6 Å². The molecule has 0 atom stereocenters. The molecule has 4 aromatic rings. The number of aromatic nitrogens is 4. The molecule has 1 aliphatic rings. The van der Waals surface area contributed by atoms with Gasteiger partial charge in [-0.25, -0.2) is 14.0 Å². The van der Waals surface area contributed by atoms with Gasteiger partial charge in [0.2, 0.25) is 5.89 Å². The molecule has 0 radical (unpaired) electrons. The number of benzene rings is 2. The highest BCUT2D eigenvalue weighted by Gasteiger charge is 2.30. The summed E-state index contributed by atoms with van der Waals surface area (Å²) in [6.45, 7) is 6.26. The van der Waals surface area contributed by atoms with Gasteiger partial charge in [-0.3, -0.25) is 9.13 Å². The summed E-state index contributed by atoms with van der Waals surface area (Å²) in [7, 11) is 0. The van der Waals surface area contributed by atoms with Gasteiger partial charge in [0.15, 0.2) is 0 Å². The minimum atomic E-state index is -2.93. The molecule has 40 heavy (non-hydrogen) atoms. The molecule has 9 nitrogen and oxygen atoms in total. The van der Waals surface area contributed by atoms with Crippen LogP contribution in [-0.4, -0.2) is 49.0 Å². The van der Waals surface area contributed by atoms with Crippen LogP contribution in [0, 0.1) is 5.82 Å². The maximum absolute atomic E-state index is 15.2. The first-order valence-corrected chi connectivity index (χ1v) is 13.5. The minimum absolute atomic E-state index is 0.0566. The molecule has 2 aromatic carbocycles. The fraction of sp³-hybridized carbons (Fsp3) is 0.407. The van der Waals surface area contributed by atoms with E-state index in [0.29, 0.717) is 37.0 Å². The van der Waals surface area contributed by atoms with E-state index in [-0.39, 0.29) is 41.4 Å². The number of halogens is 4. The Hall–Kier alpha value is -3.61. The number of fused-ring (bicyclic) bond motifs is 1. The molecule has 212 valence electrons. The largest absolute Gasteiger partial charge is 0.444 e. The molecular formula is C27H27BrF3N5O4. The van der Waals surface area contributed by atoms with Crippen molar-refractivity contribution in [1.29, 1.82) is 0 Å². The van der Waals surface area contributed by atoms with Crippen LogP contribution in [0.5, 0.6) is 0 Å². The standard InChI is InChI=1S/C27H27BrF3N5O4/c1-27(2,3)40-26(38)34-10-8-18(9-11-34)36-21-13-17(28)6-7-20(21)35(25(36)37)14-16-5-4-15(12-19(16)29)23-32-33-24(39-23)22(30)31/h4-7,12-13,18,22H,8-11,14H2,1-3H3. The first-order valence-electron chi connectivity index (χ1n) is 12.7. The van der Waals surface area contributed by atoms with Gasteiger partial charge >= 0.3 is 18.2 Å². The van der Waals surface area contributed by atoms with Crippen LogP contribution in [0.1, 0.15) is 57.5 Å². The highest BCUT2D eigenvalue weighted by Crippen LogP contribution is 2.30. The van der Waals surface area contributed by atoms with Crippen molar-refractivity contribution in [2.45, 2.75) is 58.2 Å². The summed E-state index contributed by atoms with van der Waals surface area (Å²) in [4.78, 5) is 27.9. The fourth-order valence-electron chi connectivity index (χ4n) is 4.81. The third-order valence-corrected chi connectivity index (χ3v) is 7.16. The second kappa shape index (κ2) is 10.8. The Kier molecular flexibility index (Phi) is 7.51. The van der Waals surface area contributed by atoms with E-state index < -0.39 is 23.7 Å². The second-order valence-electron chi connectivity index (χ2n) is 10.6. The minimum Gasteiger partial charge on any atom is -0.444 e. The van der Waals surface area contributed by atoms with Crippen molar-refractivity contribution in [1.82, 2.24) is 24.2 Å². The van der Waals surface area contributed by atoms with Crippen LogP contribution in [-0.2, 0) is 11.3 Å². The smallest absolute Gasteiger partial charge is 0.410 e. The second-order valence-corrected chi connectivity index (χ2v) is 11.5. The average molecular weight is 622 g/mol. The van der Waals surface area contributed by atoms with Gasteiger partial charge in [-0.15, -0.1) is 10.2 Å². The third-order valence-electron chi connectivity index (χ3n) is 6.66. The summed E-state index contributed by atoms with van der Waals surface area (Å²) < 4.78 is 55.1. The molecule has 1 amide bonds. The van der Waals surface area contributed by atoms with Crippen LogP contribution in [0.3, 0.4) is 0 Å².